The van der Waals surface area contributed by atoms with Gasteiger partial charge in [0.15, 0.2) is 5.58 Å². The first-order chi connectivity index (χ1) is 15.3. The van der Waals surface area contributed by atoms with E-state index < -0.39 is 12.1 Å². The van der Waals surface area contributed by atoms with Gasteiger partial charge in [0.05, 0.1) is 17.8 Å². The molecule has 2 saturated heterocycles. The number of carbonyl (C=O) groups is 4. The largest absolute Gasteiger partial charge is 0.463 e. The number of furan rings is 1. The molecule has 0 unspecified atom stereocenters. The van der Waals surface area contributed by atoms with E-state index in [-0.39, 0.29) is 47.3 Å². The molecule has 0 bridgehead atoms. The maximum absolute atomic E-state index is 13.4. The maximum Gasteiger partial charge on any atom is 0.271 e. The number of nitrogens with one attached hydrogen (secondary N) is 3. The Balaban J connectivity index is 1.36. The minimum atomic E-state index is -0.756. The van der Waals surface area contributed by atoms with E-state index >= 15 is 0 Å². The molecule has 2 aliphatic heterocycles. The van der Waals surface area contributed by atoms with Gasteiger partial charge in [-0.05, 0) is 36.5 Å². The monoisotopic (exact) mass is 440 g/mol. The lowest BCUT2D eigenvalue weighted by atomic mass is 9.55. The molecule has 9 nitrogen and oxygen atoms in total. The SMILES string of the molecule is CC1(C)C[C@@H]2[C@@H](C(=O)N[C@H](C=O)C[C@@H]3CCNC3=O)N(C(=O)c3cc4occc4[nH]3)C[C@@H]21. The number of carbonyl (C=O) groups excluding carboxylic acids is 4. The molecule has 0 aromatic carbocycles. The average molecular weight is 441 g/mol. The molecule has 1 aliphatic carbocycles. The van der Waals surface area contributed by atoms with Crippen LogP contribution in [0.1, 0.15) is 43.6 Å². The summed E-state index contributed by atoms with van der Waals surface area (Å²) in [5.74, 6) is -0.673. The Bertz CT molecular complexity index is 1060. The van der Waals surface area contributed by atoms with Crippen LogP contribution >= 0.6 is 0 Å². The lowest BCUT2D eigenvalue weighted by Crippen LogP contribution is -2.54. The first-order valence-electron chi connectivity index (χ1n) is 11.2. The quantitative estimate of drug-likeness (QED) is 0.587. The van der Waals surface area contributed by atoms with Gasteiger partial charge in [0, 0.05) is 31.1 Å². The predicted molar refractivity (Wildman–Crippen MR) is 114 cm³/mol. The molecule has 0 radical (unpaired) electrons. The number of aromatic nitrogens is 1. The Morgan fingerprint density at radius 1 is 1.41 bits per heavy atom. The fourth-order valence-corrected chi connectivity index (χ4v) is 5.85. The summed E-state index contributed by atoms with van der Waals surface area (Å²) in [5, 5.41) is 5.57. The zero-order valence-corrected chi connectivity index (χ0v) is 18.2. The molecule has 1 saturated carbocycles. The molecule has 4 heterocycles. The van der Waals surface area contributed by atoms with E-state index in [0.29, 0.717) is 37.1 Å². The number of nitrogens with zero attached hydrogens (tertiary/aromatic N) is 1. The molecule has 9 heteroatoms. The molecule has 0 spiro atoms. The van der Waals surface area contributed by atoms with Gasteiger partial charge in [-0.15, -0.1) is 0 Å². The Labute approximate surface area is 185 Å². The van der Waals surface area contributed by atoms with Crippen LogP contribution in [0.3, 0.4) is 0 Å². The van der Waals surface area contributed by atoms with Crippen LogP contribution in [0.25, 0.3) is 11.1 Å². The summed E-state index contributed by atoms with van der Waals surface area (Å²) in [7, 11) is 0. The highest BCUT2D eigenvalue weighted by atomic mass is 16.3. The first-order valence-corrected chi connectivity index (χ1v) is 11.2. The highest BCUT2D eigenvalue weighted by molar-refractivity contribution is 6.00. The fourth-order valence-electron chi connectivity index (χ4n) is 5.85. The number of likely N-dealkylation sites (tertiary alicyclic amines) is 1. The summed E-state index contributed by atoms with van der Waals surface area (Å²) >= 11 is 0. The highest BCUT2D eigenvalue weighted by Gasteiger charge is 2.60. The first kappa shape index (κ1) is 20.8. The van der Waals surface area contributed by atoms with Crippen molar-refractivity contribution >= 4 is 35.1 Å². The summed E-state index contributed by atoms with van der Waals surface area (Å²) in [6.45, 7) is 5.40. The molecule has 170 valence electrons. The van der Waals surface area contributed by atoms with Crippen molar-refractivity contribution < 1.29 is 23.6 Å². The lowest BCUT2D eigenvalue weighted by molar-refractivity contribution is -0.131. The van der Waals surface area contributed by atoms with Crippen LogP contribution in [-0.2, 0) is 14.4 Å². The normalized spacial score (nSPS) is 29.3. The molecule has 3 N–H and O–H groups in total. The number of hydrogen-bond donors (Lipinski definition) is 3. The Morgan fingerprint density at radius 3 is 2.88 bits per heavy atom. The number of fused-ring (bicyclic) bond motifs is 2. The minimum Gasteiger partial charge on any atom is -0.463 e. The van der Waals surface area contributed by atoms with E-state index in [0.717, 1.165) is 11.9 Å². The minimum absolute atomic E-state index is 0.0492. The number of amides is 3. The summed E-state index contributed by atoms with van der Waals surface area (Å²) in [6.07, 6.45) is 4.00. The van der Waals surface area contributed by atoms with Gasteiger partial charge in [-0.2, -0.15) is 0 Å². The Morgan fingerprint density at radius 2 is 2.22 bits per heavy atom. The zero-order chi connectivity index (χ0) is 22.6. The van der Waals surface area contributed by atoms with E-state index in [4.69, 9.17) is 4.42 Å². The molecule has 32 heavy (non-hydrogen) atoms. The van der Waals surface area contributed by atoms with Crippen LogP contribution in [-0.4, -0.2) is 59.1 Å². The molecule has 3 amide bonds. The van der Waals surface area contributed by atoms with Crippen molar-refractivity contribution in [3.05, 3.63) is 24.1 Å². The van der Waals surface area contributed by atoms with Gasteiger partial charge in [-0.25, -0.2) is 0 Å². The molecule has 3 aliphatic rings. The number of rotatable bonds is 6. The molecule has 2 aromatic heterocycles. The van der Waals surface area contributed by atoms with Crippen molar-refractivity contribution in [2.75, 3.05) is 13.1 Å². The third-order valence-electron chi connectivity index (χ3n) is 7.61. The van der Waals surface area contributed by atoms with Gasteiger partial charge in [0.1, 0.15) is 18.0 Å². The molecule has 5 atom stereocenters. The number of H-pyrrole nitrogens is 1. The standard InChI is InChI=1S/C23H28N4O5/c1-23(2)9-14-15(23)10-27(22(31)17-8-18-16(26-17)4-6-32-18)19(14)21(30)25-13(11-28)7-12-3-5-24-20(12)29/h4,6,8,11-15,19,26H,3,5,7,9-10H2,1-2H3,(H,24,29)(H,25,30)/t12-,13-,14-,15-,19-/m0/s1. The summed E-state index contributed by atoms with van der Waals surface area (Å²) < 4.78 is 5.36. The average Bonchev–Trinajstić information content (AvgIpc) is 3.49. The fraction of sp³-hybridized carbons (Fsp3) is 0.565. The van der Waals surface area contributed by atoms with E-state index in [1.165, 1.54) is 0 Å². The van der Waals surface area contributed by atoms with E-state index in [1.54, 1.807) is 23.3 Å². The van der Waals surface area contributed by atoms with Gasteiger partial charge >= 0.3 is 0 Å². The van der Waals surface area contributed by atoms with E-state index in [9.17, 15) is 19.2 Å². The number of aromatic amines is 1. The van der Waals surface area contributed by atoms with Crippen molar-refractivity contribution in [1.82, 2.24) is 20.5 Å². The van der Waals surface area contributed by atoms with Crippen molar-refractivity contribution in [2.24, 2.45) is 23.2 Å². The predicted octanol–water partition coefficient (Wildman–Crippen LogP) is 1.46. The van der Waals surface area contributed by atoms with Crippen molar-refractivity contribution in [3.8, 4) is 0 Å². The van der Waals surface area contributed by atoms with E-state index in [1.807, 2.05) is 0 Å². The number of aldehydes is 1. The van der Waals surface area contributed by atoms with E-state index in [2.05, 4.69) is 29.5 Å². The van der Waals surface area contributed by atoms with Crippen LogP contribution < -0.4 is 10.6 Å². The summed E-state index contributed by atoms with van der Waals surface area (Å²) in [6, 6.07) is 2.01. The van der Waals surface area contributed by atoms with Crippen LogP contribution in [0.15, 0.2) is 22.8 Å². The maximum atomic E-state index is 13.4. The van der Waals surface area contributed by atoms with Gasteiger partial charge in [0.2, 0.25) is 11.8 Å². The topological polar surface area (TPSA) is 125 Å². The van der Waals surface area contributed by atoms with Gasteiger partial charge < -0.3 is 29.7 Å². The third kappa shape index (κ3) is 3.30. The second kappa shape index (κ2) is 7.50. The third-order valence-corrected chi connectivity index (χ3v) is 7.61. The van der Waals surface area contributed by atoms with Gasteiger partial charge in [-0.1, -0.05) is 13.8 Å². The van der Waals surface area contributed by atoms with Crippen LogP contribution in [0, 0.1) is 23.2 Å². The van der Waals surface area contributed by atoms with Crippen molar-refractivity contribution in [3.63, 3.8) is 0 Å². The molecular formula is C23H28N4O5. The molecule has 3 fully saturated rings. The van der Waals surface area contributed by atoms with Gasteiger partial charge in [0.25, 0.3) is 5.91 Å². The van der Waals surface area contributed by atoms with Crippen molar-refractivity contribution in [1.29, 1.82) is 0 Å². The summed E-state index contributed by atoms with van der Waals surface area (Å²) in [4.78, 5) is 55.0. The summed E-state index contributed by atoms with van der Waals surface area (Å²) in [5.41, 5.74) is 1.75. The van der Waals surface area contributed by atoms with Crippen LogP contribution in [0.2, 0.25) is 0 Å². The van der Waals surface area contributed by atoms with Crippen LogP contribution in [0.4, 0.5) is 0 Å². The van der Waals surface area contributed by atoms with Crippen LogP contribution in [0.5, 0.6) is 0 Å². The van der Waals surface area contributed by atoms with Crippen molar-refractivity contribution in [2.45, 2.75) is 45.2 Å². The molecular weight excluding hydrogens is 412 g/mol. The second-order valence-electron chi connectivity index (χ2n) is 10.0. The molecule has 2 aromatic rings. The lowest BCUT2D eigenvalue weighted by Gasteiger charge is -2.48. The Kier molecular flexibility index (Phi) is 4.87. The van der Waals surface area contributed by atoms with Gasteiger partial charge in [-0.3, -0.25) is 14.4 Å². The Hall–Kier alpha value is -3.10. The second-order valence-corrected chi connectivity index (χ2v) is 10.0. The smallest absolute Gasteiger partial charge is 0.271 e. The number of hydrogen-bond acceptors (Lipinski definition) is 5. The highest BCUT2D eigenvalue weighted by Crippen LogP contribution is 2.57. The zero-order valence-electron chi connectivity index (χ0n) is 18.2. The molecule has 5 rings (SSSR count).